The molecule has 0 saturated carbocycles. The van der Waals surface area contributed by atoms with Gasteiger partial charge in [-0.2, -0.15) is 0 Å². The summed E-state index contributed by atoms with van der Waals surface area (Å²) in [6.07, 6.45) is 4.87. The first kappa shape index (κ1) is 17.0. The first-order chi connectivity index (χ1) is 11.7. The standard InChI is InChI=1S/C19H26N2O3/c22-18(9-10-19(23)21-11-13-24-14-12-21)20-17-8-4-2-6-15-5-1-3-7-16(15)17/h1,3,5,7,17H,2,4,6,8-14H2,(H,20,22)/t17-/m0/s1. The molecule has 1 saturated heterocycles. The maximum absolute atomic E-state index is 12.3. The summed E-state index contributed by atoms with van der Waals surface area (Å²) in [7, 11) is 0. The van der Waals surface area contributed by atoms with E-state index in [1.807, 2.05) is 6.07 Å². The van der Waals surface area contributed by atoms with Gasteiger partial charge in [0.25, 0.3) is 0 Å². The number of ether oxygens (including phenoxy) is 1. The number of nitrogens with one attached hydrogen (secondary N) is 1. The summed E-state index contributed by atoms with van der Waals surface area (Å²) < 4.78 is 5.25. The van der Waals surface area contributed by atoms with Crippen LogP contribution >= 0.6 is 0 Å². The fourth-order valence-corrected chi connectivity index (χ4v) is 3.53. The van der Waals surface area contributed by atoms with Crippen molar-refractivity contribution in [2.45, 2.75) is 44.6 Å². The molecule has 1 aromatic carbocycles. The molecule has 130 valence electrons. The SMILES string of the molecule is O=C(CCC(=O)N1CCOCC1)N[C@H]1CCCCc2ccccc21. The zero-order valence-corrected chi connectivity index (χ0v) is 14.1. The van der Waals surface area contributed by atoms with Crippen molar-refractivity contribution in [2.24, 2.45) is 0 Å². The Balaban J connectivity index is 1.52. The molecule has 1 aliphatic carbocycles. The summed E-state index contributed by atoms with van der Waals surface area (Å²) in [6, 6.07) is 8.44. The van der Waals surface area contributed by atoms with Crippen molar-refractivity contribution < 1.29 is 14.3 Å². The zero-order chi connectivity index (χ0) is 16.8. The van der Waals surface area contributed by atoms with Crippen molar-refractivity contribution in [3.63, 3.8) is 0 Å². The van der Waals surface area contributed by atoms with Gasteiger partial charge in [0.2, 0.25) is 11.8 Å². The second-order valence-electron chi connectivity index (χ2n) is 6.56. The minimum absolute atomic E-state index is 0.0293. The normalized spacial score (nSPS) is 20.8. The van der Waals surface area contributed by atoms with Crippen LogP contribution in [-0.2, 0) is 20.7 Å². The number of carbonyl (C=O) groups excluding carboxylic acids is 2. The number of rotatable bonds is 4. The van der Waals surface area contributed by atoms with Gasteiger partial charge >= 0.3 is 0 Å². The smallest absolute Gasteiger partial charge is 0.223 e. The Kier molecular flexibility index (Phi) is 5.86. The average molecular weight is 330 g/mol. The summed E-state index contributed by atoms with van der Waals surface area (Å²) in [5.41, 5.74) is 2.58. The topological polar surface area (TPSA) is 58.6 Å². The molecule has 0 spiro atoms. The Morgan fingerprint density at radius 2 is 1.92 bits per heavy atom. The Hall–Kier alpha value is -1.88. The highest BCUT2D eigenvalue weighted by molar-refractivity contribution is 5.84. The maximum atomic E-state index is 12.3. The summed E-state index contributed by atoms with van der Waals surface area (Å²) in [5.74, 6) is 0.0213. The number of aryl methyl sites for hydroxylation is 1. The van der Waals surface area contributed by atoms with Gasteiger partial charge < -0.3 is 15.0 Å². The lowest BCUT2D eigenvalue weighted by atomic mass is 9.99. The van der Waals surface area contributed by atoms with E-state index in [1.54, 1.807) is 4.90 Å². The fourth-order valence-electron chi connectivity index (χ4n) is 3.53. The largest absolute Gasteiger partial charge is 0.378 e. The van der Waals surface area contributed by atoms with E-state index >= 15 is 0 Å². The molecule has 1 heterocycles. The number of morpholine rings is 1. The van der Waals surface area contributed by atoms with E-state index in [1.165, 1.54) is 17.5 Å². The first-order valence-corrected chi connectivity index (χ1v) is 8.97. The third kappa shape index (κ3) is 4.35. The summed E-state index contributed by atoms with van der Waals surface area (Å²) >= 11 is 0. The van der Waals surface area contributed by atoms with Crippen LogP contribution in [0.5, 0.6) is 0 Å². The highest BCUT2D eigenvalue weighted by Gasteiger charge is 2.21. The molecule has 0 unspecified atom stereocenters. The Bertz CT molecular complexity index is 582. The Morgan fingerprint density at radius 3 is 2.75 bits per heavy atom. The molecule has 24 heavy (non-hydrogen) atoms. The van der Waals surface area contributed by atoms with Gasteiger partial charge in [-0.15, -0.1) is 0 Å². The van der Waals surface area contributed by atoms with Gasteiger partial charge in [-0.25, -0.2) is 0 Å². The first-order valence-electron chi connectivity index (χ1n) is 8.97. The minimum atomic E-state index is -0.0293. The second-order valence-corrected chi connectivity index (χ2v) is 6.56. The summed E-state index contributed by atoms with van der Waals surface area (Å²) in [5, 5.41) is 3.14. The van der Waals surface area contributed by atoms with Crippen LogP contribution in [0.4, 0.5) is 0 Å². The molecule has 1 atom stereocenters. The van der Waals surface area contributed by atoms with Crippen molar-refractivity contribution in [1.29, 1.82) is 0 Å². The molecule has 1 aromatic rings. The van der Waals surface area contributed by atoms with Crippen LogP contribution in [0.2, 0.25) is 0 Å². The van der Waals surface area contributed by atoms with Crippen LogP contribution in [0.3, 0.4) is 0 Å². The van der Waals surface area contributed by atoms with Crippen molar-refractivity contribution in [3.05, 3.63) is 35.4 Å². The van der Waals surface area contributed by atoms with E-state index in [9.17, 15) is 9.59 Å². The van der Waals surface area contributed by atoms with E-state index in [2.05, 4.69) is 23.5 Å². The van der Waals surface area contributed by atoms with Crippen LogP contribution in [0.1, 0.15) is 49.3 Å². The highest BCUT2D eigenvalue weighted by atomic mass is 16.5. The maximum Gasteiger partial charge on any atom is 0.223 e. The molecule has 0 bridgehead atoms. The molecule has 0 radical (unpaired) electrons. The van der Waals surface area contributed by atoms with Gasteiger partial charge in [0.1, 0.15) is 0 Å². The van der Waals surface area contributed by atoms with Gasteiger partial charge in [0, 0.05) is 25.9 Å². The molecule has 1 aliphatic heterocycles. The average Bonchev–Trinajstić information content (AvgIpc) is 2.83. The molecule has 0 aromatic heterocycles. The van der Waals surface area contributed by atoms with Crippen molar-refractivity contribution in [3.8, 4) is 0 Å². The zero-order valence-electron chi connectivity index (χ0n) is 14.1. The van der Waals surface area contributed by atoms with Crippen molar-refractivity contribution in [1.82, 2.24) is 10.2 Å². The molecule has 5 nitrogen and oxygen atoms in total. The van der Waals surface area contributed by atoms with Gasteiger partial charge in [-0.3, -0.25) is 9.59 Å². The number of amides is 2. The van der Waals surface area contributed by atoms with Gasteiger partial charge in [0.05, 0.1) is 19.3 Å². The van der Waals surface area contributed by atoms with Crippen LogP contribution < -0.4 is 5.32 Å². The van der Waals surface area contributed by atoms with E-state index in [0.717, 1.165) is 19.3 Å². The van der Waals surface area contributed by atoms with Crippen LogP contribution in [0.25, 0.3) is 0 Å². The van der Waals surface area contributed by atoms with Crippen LogP contribution in [-0.4, -0.2) is 43.0 Å². The second kappa shape index (κ2) is 8.29. The summed E-state index contributed by atoms with van der Waals surface area (Å²) in [6.45, 7) is 2.46. The predicted octanol–water partition coefficient (Wildman–Crippen LogP) is 2.21. The lowest BCUT2D eigenvalue weighted by Gasteiger charge is -2.27. The van der Waals surface area contributed by atoms with Gasteiger partial charge in [-0.05, 0) is 30.4 Å². The van der Waals surface area contributed by atoms with Gasteiger partial charge in [0.15, 0.2) is 0 Å². The Labute approximate surface area is 143 Å². The van der Waals surface area contributed by atoms with Crippen molar-refractivity contribution in [2.75, 3.05) is 26.3 Å². The molecule has 1 N–H and O–H groups in total. The number of nitrogens with zero attached hydrogens (tertiary/aromatic N) is 1. The van der Waals surface area contributed by atoms with Crippen LogP contribution in [0, 0.1) is 0 Å². The molecular weight excluding hydrogens is 304 g/mol. The molecule has 2 amide bonds. The third-order valence-electron chi connectivity index (χ3n) is 4.88. The Morgan fingerprint density at radius 1 is 1.12 bits per heavy atom. The van der Waals surface area contributed by atoms with E-state index in [4.69, 9.17) is 4.74 Å². The molecule has 5 heteroatoms. The van der Waals surface area contributed by atoms with E-state index in [0.29, 0.717) is 26.3 Å². The monoisotopic (exact) mass is 330 g/mol. The number of hydrogen-bond donors (Lipinski definition) is 1. The third-order valence-corrected chi connectivity index (χ3v) is 4.88. The molecule has 2 aliphatic rings. The molecule has 3 rings (SSSR count). The lowest BCUT2D eigenvalue weighted by Crippen LogP contribution is -2.41. The molecular formula is C19H26N2O3. The highest BCUT2D eigenvalue weighted by Crippen LogP contribution is 2.28. The fraction of sp³-hybridized carbons (Fsp3) is 0.579. The van der Waals surface area contributed by atoms with Crippen molar-refractivity contribution >= 4 is 11.8 Å². The van der Waals surface area contributed by atoms with Crippen LogP contribution in [0.15, 0.2) is 24.3 Å². The summed E-state index contributed by atoms with van der Waals surface area (Å²) in [4.78, 5) is 26.2. The predicted molar refractivity (Wildman–Crippen MR) is 91.5 cm³/mol. The quantitative estimate of drug-likeness (QED) is 0.861. The molecule has 1 fully saturated rings. The number of fused-ring (bicyclic) bond motifs is 1. The minimum Gasteiger partial charge on any atom is -0.378 e. The number of hydrogen-bond acceptors (Lipinski definition) is 3. The number of carbonyl (C=O) groups is 2. The van der Waals surface area contributed by atoms with Gasteiger partial charge in [-0.1, -0.05) is 30.7 Å². The van der Waals surface area contributed by atoms with E-state index < -0.39 is 0 Å². The lowest BCUT2D eigenvalue weighted by molar-refractivity contribution is -0.137. The van der Waals surface area contributed by atoms with E-state index in [-0.39, 0.29) is 30.7 Å². The number of benzene rings is 1.